The third-order valence-electron chi connectivity index (χ3n) is 3.72. The summed E-state index contributed by atoms with van der Waals surface area (Å²) >= 11 is 0. The average molecular weight is 326 g/mol. The topological polar surface area (TPSA) is 76.7 Å². The summed E-state index contributed by atoms with van der Waals surface area (Å²) in [7, 11) is 1.52. The molecule has 0 unspecified atom stereocenters. The minimum absolute atomic E-state index is 0.188. The molecule has 0 bridgehead atoms. The van der Waals surface area contributed by atoms with Gasteiger partial charge >= 0.3 is 0 Å². The van der Waals surface area contributed by atoms with Gasteiger partial charge in [0, 0.05) is 19.0 Å². The predicted molar refractivity (Wildman–Crippen MR) is 90.5 cm³/mol. The maximum atomic E-state index is 12.5. The highest BCUT2D eigenvalue weighted by atomic mass is 16.5. The van der Waals surface area contributed by atoms with Crippen molar-refractivity contribution >= 4 is 23.2 Å². The van der Waals surface area contributed by atoms with Crippen molar-refractivity contribution in [2.75, 3.05) is 17.7 Å². The molecule has 1 atom stereocenters. The Balaban J connectivity index is 1.75. The largest absolute Gasteiger partial charge is 0.495 e. The first kappa shape index (κ1) is 15.9. The molecule has 2 aromatic rings. The van der Waals surface area contributed by atoms with Gasteiger partial charge in [-0.1, -0.05) is 18.2 Å². The summed E-state index contributed by atoms with van der Waals surface area (Å²) in [5, 5.41) is 5.49. The normalized spacial score (nSPS) is 15.2. The first-order valence-corrected chi connectivity index (χ1v) is 7.58. The van der Waals surface area contributed by atoms with Crippen molar-refractivity contribution in [1.82, 2.24) is 0 Å². The van der Waals surface area contributed by atoms with Crippen LogP contribution in [0.3, 0.4) is 0 Å². The van der Waals surface area contributed by atoms with Gasteiger partial charge in [0.15, 0.2) is 6.10 Å². The van der Waals surface area contributed by atoms with E-state index in [9.17, 15) is 9.59 Å². The monoisotopic (exact) mass is 326 g/mol. The fraction of sp³-hybridized carbons (Fsp3) is 0.222. The smallest absolute Gasteiger partial charge is 0.265 e. The van der Waals surface area contributed by atoms with Crippen molar-refractivity contribution in [2.24, 2.45) is 0 Å². The summed E-state index contributed by atoms with van der Waals surface area (Å²) in [4.78, 5) is 23.7. The Morgan fingerprint density at radius 2 is 1.96 bits per heavy atom. The SMILES string of the molecule is COc1ccc(NC(C)=O)cc1NC(=O)[C@H]1Cc2ccccc2O1. The number of carbonyl (C=O) groups excluding carboxylic acids is 2. The number of rotatable bonds is 4. The van der Waals surface area contributed by atoms with Crippen molar-refractivity contribution in [3.05, 3.63) is 48.0 Å². The number of para-hydroxylation sites is 1. The van der Waals surface area contributed by atoms with E-state index in [0.29, 0.717) is 23.5 Å². The van der Waals surface area contributed by atoms with Gasteiger partial charge in [0.25, 0.3) is 5.91 Å². The first-order chi connectivity index (χ1) is 11.6. The highest BCUT2D eigenvalue weighted by molar-refractivity contribution is 5.97. The van der Waals surface area contributed by atoms with Gasteiger partial charge in [-0.15, -0.1) is 0 Å². The molecular weight excluding hydrogens is 308 g/mol. The Hall–Kier alpha value is -3.02. The number of hydrogen-bond acceptors (Lipinski definition) is 4. The van der Waals surface area contributed by atoms with Crippen LogP contribution in [-0.4, -0.2) is 25.0 Å². The number of amides is 2. The lowest BCUT2D eigenvalue weighted by atomic mass is 10.1. The van der Waals surface area contributed by atoms with Crippen LogP contribution in [0.1, 0.15) is 12.5 Å². The lowest BCUT2D eigenvalue weighted by Crippen LogP contribution is -2.31. The van der Waals surface area contributed by atoms with Crippen molar-refractivity contribution in [3.8, 4) is 11.5 Å². The lowest BCUT2D eigenvalue weighted by molar-refractivity contribution is -0.122. The second kappa shape index (κ2) is 6.62. The Morgan fingerprint density at radius 3 is 2.67 bits per heavy atom. The van der Waals surface area contributed by atoms with Gasteiger partial charge in [-0.25, -0.2) is 0 Å². The van der Waals surface area contributed by atoms with E-state index in [4.69, 9.17) is 9.47 Å². The van der Waals surface area contributed by atoms with Crippen LogP contribution in [-0.2, 0) is 16.0 Å². The fourth-order valence-corrected chi connectivity index (χ4v) is 2.63. The Bertz CT molecular complexity index is 763. The maximum absolute atomic E-state index is 12.5. The summed E-state index contributed by atoms with van der Waals surface area (Å²) in [5.41, 5.74) is 2.07. The van der Waals surface area contributed by atoms with Crippen molar-refractivity contribution in [2.45, 2.75) is 19.4 Å². The van der Waals surface area contributed by atoms with E-state index in [-0.39, 0.29) is 11.8 Å². The molecule has 1 heterocycles. The van der Waals surface area contributed by atoms with Gasteiger partial charge in [0.2, 0.25) is 5.91 Å². The van der Waals surface area contributed by atoms with Crippen LogP contribution in [0.15, 0.2) is 42.5 Å². The Morgan fingerprint density at radius 1 is 1.17 bits per heavy atom. The molecule has 3 rings (SSSR count). The number of ether oxygens (including phenoxy) is 2. The van der Waals surface area contributed by atoms with Crippen molar-refractivity contribution in [1.29, 1.82) is 0 Å². The number of hydrogen-bond donors (Lipinski definition) is 2. The molecule has 0 fully saturated rings. The van der Waals surface area contributed by atoms with Crippen LogP contribution in [0.25, 0.3) is 0 Å². The van der Waals surface area contributed by atoms with Crippen LogP contribution >= 0.6 is 0 Å². The number of carbonyl (C=O) groups is 2. The van der Waals surface area contributed by atoms with E-state index >= 15 is 0 Å². The standard InChI is InChI=1S/C18H18N2O4/c1-11(21)19-13-7-8-16(23-2)14(10-13)20-18(22)17-9-12-5-3-4-6-15(12)24-17/h3-8,10,17H,9H2,1-2H3,(H,19,21)(H,20,22)/t17-/m1/s1. The maximum Gasteiger partial charge on any atom is 0.265 e. The minimum atomic E-state index is -0.587. The van der Waals surface area contributed by atoms with Crippen molar-refractivity contribution in [3.63, 3.8) is 0 Å². The predicted octanol–water partition coefficient (Wildman–Crippen LogP) is 2.60. The molecule has 6 nitrogen and oxygen atoms in total. The third-order valence-corrected chi connectivity index (χ3v) is 3.72. The molecule has 0 spiro atoms. The zero-order valence-corrected chi connectivity index (χ0v) is 13.5. The molecule has 0 aromatic heterocycles. The van der Waals surface area contributed by atoms with Crippen LogP contribution < -0.4 is 20.1 Å². The van der Waals surface area contributed by atoms with Gasteiger partial charge < -0.3 is 20.1 Å². The van der Waals surface area contributed by atoms with Crippen LogP contribution in [0.2, 0.25) is 0 Å². The zero-order valence-electron chi connectivity index (χ0n) is 13.5. The molecule has 2 N–H and O–H groups in total. The van der Waals surface area contributed by atoms with Crippen LogP contribution in [0, 0.1) is 0 Å². The van der Waals surface area contributed by atoms with E-state index in [1.807, 2.05) is 24.3 Å². The second-order valence-electron chi connectivity index (χ2n) is 5.50. The first-order valence-electron chi connectivity index (χ1n) is 7.58. The van der Waals surface area contributed by atoms with Crippen LogP contribution in [0.4, 0.5) is 11.4 Å². The van der Waals surface area contributed by atoms with Gasteiger partial charge in [-0.3, -0.25) is 9.59 Å². The zero-order chi connectivity index (χ0) is 17.1. The molecule has 2 aromatic carbocycles. The number of methoxy groups -OCH3 is 1. The minimum Gasteiger partial charge on any atom is -0.495 e. The van der Waals surface area contributed by atoms with Gasteiger partial charge in [-0.2, -0.15) is 0 Å². The molecule has 0 radical (unpaired) electrons. The van der Waals surface area contributed by atoms with E-state index in [0.717, 1.165) is 11.3 Å². The lowest BCUT2D eigenvalue weighted by Gasteiger charge is -2.15. The number of fused-ring (bicyclic) bond motifs is 1. The molecule has 24 heavy (non-hydrogen) atoms. The average Bonchev–Trinajstić information content (AvgIpc) is 2.99. The molecular formula is C18H18N2O4. The number of anilines is 2. The summed E-state index contributed by atoms with van der Waals surface area (Å²) < 4.78 is 10.9. The molecule has 124 valence electrons. The van der Waals surface area contributed by atoms with Gasteiger partial charge in [-0.05, 0) is 29.8 Å². The molecule has 1 aliphatic heterocycles. The van der Waals surface area contributed by atoms with E-state index in [2.05, 4.69) is 10.6 Å². The summed E-state index contributed by atoms with van der Waals surface area (Å²) in [5.74, 6) is 0.793. The summed E-state index contributed by atoms with van der Waals surface area (Å²) in [6, 6.07) is 12.6. The number of nitrogens with one attached hydrogen (secondary N) is 2. The van der Waals surface area contributed by atoms with Crippen LogP contribution in [0.5, 0.6) is 11.5 Å². The molecule has 0 saturated carbocycles. The second-order valence-corrected chi connectivity index (χ2v) is 5.50. The van der Waals surface area contributed by atoms with E-state index in [1.165, 1.54) is 14.0 Å². The van der Waals surface area contributed by atoms with Crippen molar-refractivity contribution < 1.29 is 19.1 Å². The molecule has 2 amide bonds. The molecule has 0 aliphatic carbocycles. The molecule has 0 saturated heterocycles. The summed E-state index contributed by atoms with van der Waals surface area (Å²) in [6.45, 7) is 1.42. The fourth-order valence-electron chi connectivity index (χ4n) is 2.63. The summed E-state index contributed by atoms with van der Waals surface area (Å²) in [6.07, 6.45) is -0.0630. The molecule has 6 heteroatoms. The Labute approximate surface area is 139 Å². The molecule has 1 aliphatic rings. The Kier molecular flexibility index (Phi) is 4.37. The van der Waals surface area contributed by atoms with E-state index < -0.39 is 6.10 Å². The highest BCUT2D eigenvalue weighted by Crippen LogP contribution is 2.31. The third kappa shape index (κ3) is 3.32. The van der Waals surface area contributed by atoms with Gasteiger partial charge in [0.05, 0.1) is 12.8 Å². The van der Waals surface area contributed by atoms with E-state index in [1.54, 1.807) is 18.2 Å². The highest BCUT2D eigenvalue weighted by Gasteiger charge is 2.29. The van der Waals surface area contributed by atoms with Gasteiger partial charge in [0.1, 0.15) is 11.5 Å². The number of benzene rings is 2. The quantitative estimate of drug-likeness (QED) is 0.905.